The van der Waals surface area contributed by atoms with E-state index in [-0.39, 0.29) is 41.0 Å². The maximum Gasteiger partial charge on any atom is 0.410 e. The van der Waals surface area contributed by atoms with Crippen molar-refractivity contribution in [2.24, 2.45) is 11.3 Å². The first kappa shape index (κ1) is 65.6. The average Bonchev–Trinajstić information content (AvgIpc) is 3.22. The van der Waals surface area contributed by atoms with Gasteiger partial charge in [-0.15, -0.1) is 6.42 Å². The highest BCUT2D eigenvalue weighted by atomic mass is 19.1. The van der Waals surface area contributed by atoms with E-state index in [0.717, 1.165) is 113 Å². The molecule has 1 N–H and O–H groups in total. The van der Waals surface area contributed by atoms with Crippen LogP contribution in [0.5, 0.6) is 6.01 Å². The van der Waals surface area contributed by atoms with Crippen molar-refractivity contribution in [1.29, 1.82) is 0 Å². The molecule has 3 aromatic carbocycles. The zero-order valence-corrected chi connectivity index (χ0v) is 52.2. The number of aldehydes is 2. The average molecular weight is 1200 g/mol. The highest BCUT2D eigenvalue weighted by molar-refractivity contribution is 6.02. The molecule has 5 aromatic rings. The normalized spacial score (nSPS) is 20.6. The number of carbonyl (C=O) groups excluding carboxylic acids is 5. The van der Waals surface area contributed by atoms with Crippen molar-refractivity contribution in [3.05, 3.63) is 77.5 Å². The lowest BCUT2D eigenvalue weighted by atomic mass is 9.56. The number of methoxy groups -OCH3 is 2. The number of carbonyl (C=O) groups is 5. The number of halogens is 2. The molecule has 1 aliphatic carbocycles. The number of fused-ring (bicyclic) bond motifs is 5. The van der Waals surface area contributed by atoms with Crippen LogP contribution in [0.25, 0.3) is 32.9 Å². The molecule has 1 spiro atoms. The maximum absolute atomic E-state index is 16.3. The Morgan fingerprint density at radius 3 is 2.26 bits per heavy atom. The number of anilines is 3. The third kappa shape index (κ3) is 15.2. The lowest BCUT2D eigenvalue weighted by Gasteiger charge is -2.52. The second-order valence-corrected chi connectivity index (χ2v) is 25.1. The number of terminal acetylenes is 1. The molecule has 1 saturated carbocycles. The van der Waals surface area contributed by atoms with Crippen LogP contribution in [0.3, 0.4) is 0 Å². The fraction of sp³-hybridized carbons (Fsp3) is 0.552. The third-order valence-corrected chi connectivity index (χ3v) is 18.2. The lowest BCUT2D eigenvalue weighted by molar-refractivity contribution is -0.122. The van der Waals surface area contributed by atoms with Gasteiger partial charge in [-0.3, -0.25) is 24.4 Å². The van der Waals surface area contributed by atoms with Crippen LogP contribution in [-0.4, -0.2) is 179 Å². The number of aromatic nitrogens is 3. The maximum atomic E-state index is 16.3. The zero-order valence-electron chi connectivity index (χ0n) is 52.2. The number of rotatable bonds is 17. The highest BCUT2D eigenvalue weighted by Gasteiger charge is 2.47. The van der Waals surface area contributed by atoms with Gasteiger partial charge >= 0.3 is 12.1 Å². The molecule has 6 aliphatic rings. The summed E-state index contributed by atoms with van der Waals surface area (Å²) in [5, 5.41) is 4.22. The van der Waals surface area contributed by atoms with Gasteiger partial charge < -0.3 is 48.7 Å². The molecule has 5 unspecified atom stereocenters. The van der Waals surface area contributed by atoms with Crippen LogP contribution in [0, 0.1) is 35.3 Å². The van der Waals surface area contributed by atoms with Crippen molar-refractivity contribution in [3.8, 4) is 29.6 Å². The summed E-state index contributed by atoms with van der Waals surface area (Å²) in [6, 6.07) is 15.3. The number of benzene rings is 3. The predicted molar refractivity (Wildman–Crippen MR) is 336 cm³/mol. The molecule has 5 aliphatic heterocycles. The Morgan fingerprint density at radius 2 is 1.63 bits per heavy atom. The van der Waals surface area contributed by atoms with Crippen LogP contribution >= 0.6 is 0 Å². The van der Waals surface area contributed by atoms with Crippen molar-refractivity contribution in [2.45, 2.75) is 146 Å². The standard InChI is InChI=1S/C31H29F2N5O3.C25H35N3O4.C9H17NO.C2H7N/c1-6-20-23(32)13-10-17-8-7-9-21(24(17)20)26-25(33)27-22(14-34-26)28(36-29(35-27)40-5)37-15-18-11-12-19(16-37)38(18)30(39)41-31(2,3)4;1-26(18-31)24-14-20(7-8-23(24)27(2)22(17-30)4-3-13-29)5-6-21-15-25(16-21)9-11-28(19-32)12-10-25;1-11-7-9-5-4-8-3-2-6-10(8)9;1-3-2/h1,7-10,13-14,18-19H,11-12,15-16H2,2-5H3;7-8,13-14,17-19,21-22H,3-6,9-12,15-16H2,1-2H3;8-9H,2-7H2,1H3;3H,1-2H3. The first-order valence-corrected chi connectivity index (χ1v) is 30.7. The molecule has 87 heavy (non-hydrogen) atoms. The van der Waals surface area contributed by atoms with Crippen molar-refractivity contribution in [1.82, 2.24) is 35.0 Å². The summed E-state index contributed by atoms with van der Waals surface area (Å²) in [6.07, 6.45) is 25.1. The van der Waals surface area contributed by atoms with E-state index in [1.807, 2.05) is 80.8 Å². The number of amides is 3. The Labute approximate surface area is 511 Å². The van der Waals surface area contributed by atoms with Crippen LogP contribution < -0.4 is 24.8 Å². The Bertz CT molecular complexity index is 3230. The molecule has 2 bridgehead atoms. The number of hydrogen-bond donors (Lipinski definition) is 1. The summed E-state index contributed by atoms with van der Waals surface area (Å²) in [6.45, 7) is 10.6. The van der Waals surface area contributed by atoms with Crippen molar-refractivity contribution in [2.75, 3.05) is 96.4 Å². The molecule has 11 rings (SSSR count). The second kappa shape index (κ2) is 29.6. The molecule has 6 fully saturated rings. The first-order chi connectivity index (χ1) is 41.9. The summed E-state index contributed by atoms with van der Waals surface area (Å²) in [5.74, 6) is 2.32. The van der Waals surface area contributed by atoms with Gasteiger partial charge in [-0.2, -0.15) is 9.97 Å². The topological polar surface area (TPSA) is 183 Å². The minimum absolute atomic E-state index is 0.00116. The van der Waals surface area contributed by atoms with Crippen molar-refractivity contribution >= 4 is 70.4 Å². The van der Waals surface area contributed by atoms with Gasteiger partial charge in [0.15, 0.2) is 5.82 Å². The predicted octanol–water partition coefficient (Wildman–Crippen LogP) is 9.64. The van der Waals surface area contributed by atoms with Gasteiger partial charge in [0.05, 0.1) is 54.2 Å². The number of nitrogens with zero attached hydrogens (tertiary/aromatic N) is 9. The van der Waals surface area contributed by atoms with Crippen LogP contribution in [0.15, 0.2) is 54.7 Å². The van der Waals surface area contributed by atoms with E-state index in [1.54, 1.807) is 31.3 Å². The fourth-order valence-corrected chi connectivity index (χ4v) is 13.9. The summed E-state index contributed by atoms with van der Waals surface area (Å²) in [7, 11) is 10.5. The molecule has 7 heterocycles. The second-order valence-electron chi connectivity index (χ2n) is 25.1. The summed E-state index contributed by atoms with van der Waals surface area (Å²) < 4.78 is 47.2. The smallest absolute Gasteiger partial charge is 0.410 e. The summed E-state index contributed by atoms with van der Waals surface area (Å²) in [4.78, 5) is 82.8. The Morgan fingerprint density at radius 1 is 0.920 bits per heavy atom. The molecule has 0 radical (unpaired) electrons. The largest absolute Gasteiger partial charge is 0.467 e. The van der Waals surface area contributed by atoms with E-state index in [1.165, 1.54) is 74.9 Å². The first-order valence-electron chi connectivity index (χ1n) is 30.7. The Kier molecular flexibility index (Phi) is 22.3. The van der Waals surface area contributed by atoms with E-state index in [4.69, 9.17) is 20.6 Å². The Hall–Kier alpha value is -7.34. The third-order valence-electron chi connectivity index (χ3n) is 18.2. The Balaban J connectivity index is 0.000000188. The molecule has 18 nitrogen and oxygen atoms in total. The number of pyridine rings is 1. The molecule has 2 aromatic heterocycles. The van der Waals surface area contributed by atoms with Crippen LogP contribution in [0.2, 0.25) is 0 Å². The van der Waals surface area contributed by atoms with Crippen LogP contribution in [0.4, 0.5) is 30.8 Å². The number of ether oxygens (including phenoxy) is 3. The summed E-state index contributed by atoms with van der Waals surface area (Å²) >= 11 is 0. The summed E-state index contributed by atoms with van der Waals surface area (Å²) in [5.41, 5.74) is 3.02. The minimum Gasteiger partial charge on any atom is -0.467 e. The van der Waals surface area contributed by atoms with E-state index in [0.29, 0.717) is 58.9 Å². The number of nitrogens with one attached hydrogen (secondary N) is 1. The van der Waals surface area contributed by atoms with E-state index < -0.39 is 23.3 Å². The molecule has 468 valence electrons. The van der Waals surface area contributed by atoms with Gasteiger partial charge in [0.1, 0.15) is 41.0 Å². The van der Waals surface area contributed by atoms with Crippen LogP contribution in [-0.2, 0) is 35.1 Å². The van der Waals surface area contributed by atoms with Gasteiger partial charge in [0, 0.05) is 83.0 Å². The van der Waals surface area contributed by atoms with Gasteiger partial charge in [0.25, 0.3) is 0 Å². The van der Waals surface area contributed by atoms with Gasteiger partial charge in [0.2, 0.25) is 12.8 Å². The lowest BCUT2D eigenvalue weighted by Crippen LogP contribution is -2.57. The SMILES string of the molecule is C#Cc1c(F)ccc2cccc(-c3ncc4c(N5CC6CCC(C5)N6C(=O)OC(C)(C)C)nc(OC)nc4c3F)c12.CN(C=O)c1cc(CCC2CC3(CCN(C=O)CC3)C2)ccc1N(C)C(C=O)CCC=O.CNC.COCC1CCC2CCCN21. The number of aryl methyl sites for hydroxylation is 1. The molecule has 5 saturated heterocycles. The quantitative estimate of drug-likeness (QED) is 0.0685. The fourth-order valence-electron chi connectivity index (χ4n) is 13.9. The van der Waals surface area contributed by atoms with Crippen molar-refractivity contribution < 1.29 is 47.0 Å². The number of likely N-dealkylation sites (tertiary alicyclic amines) is 1. The van der Waals surface area contributed by atoms with Crippen LogP contribution in [0.1, 0.15) is 115 Å². The number of piperidine rings is 1. The number of hydrogen-bond acceptors (Lipinski definition) is 15. The molecule has 20 heteroatoms. The molecule has 3 amide bonds. The van der Waals surface area contributed by atoms with E-state index in [9.17, 15) is 28.4 Å². The number of piperazine rings is 1. The zero-order chi connectivity index (χ0) is 62.6. The monoisotopic (exact) mass is 1200 g/mol. The molecular formula is C67H88F2N10O8. The number of likely N-dealkylation sites (N-methyl/N-ethyl adjacent to an activating group) is 1. The van der Waals surface area contributed by atoms with E-state index in [2.05, 4.69) is 37.2 Å². The van der Waals surface area contributed by atoms with E-state index >= 15 is 4.39 Å². The van der Waals surface area contributed by atoms with Gasteiger partial charge in [-0.05, 0) is 165 Å². The molecular weight excluding hydrogens is 1110 g/mol. The van der Waals surface area contributed by atoms with Crippen molar-refractivity contribution in [3.63, 3.8) is 0 Å². The molecule has 5 atom stereocenters. The van der Waals surface area contributed by atoms with Gasteiger partial charge in [-0.1, -0.05) is 36.3 Å². The highest BCUT2D eigenvalue weighted by Crippen LogP contribution is 2.54. The minimum atomic E-state index is -0.695. The van der Waals surface area contributed by atoms with Gasteiger partial charge in [-0.25, -0.2) is 13.6 Å².